The van der Waals surface area contributed by atoms with Crippen molar-refractivity contribution < 1.29 is 25.2 Å². The summed E-state index contributed by atoms with van der Waals surface area (Å²) in [5.74, 6) is -2.22. The molecule has 0 fully saturated rings. The Morgan fingerprint density at radius 3 is 1.38 bits per heavy atom. The van der Waals surface area contributed by atoms with Gasteiger partial charge in [-0.2, -0.15) is 0 Å². The van der Waals surface area contributed by atoms with E-state index in [1.54, 1.807) is 0 Å². The van der Waals surface area contributed by atoms with E-state index in [0.29, 0.717) is 0 Å². The molecule has 0 bridgehead atoms. The Hall–Kier alpha value is -2.37. The summed E-state index contributed by atoms with van der Waals surface area (Å²) < 4.78 is 0. The van der Waals surface area contributed by atoms with Gasteiger partial charge < -0.3 is 20.4 Å². The molecular formula is C16H18O5. The van der Waals surface area contributed by atoms with Crippen LogP contribution < -0.4 is 0 Å². The number of aliphatic hydroxyl groups is 2. The minimum Gasteiger partial charge on any atom is -0.450 e. The number of hydrogen-bond acceptors (Lipinski definition) is 3. The Morgan fingerprint density at radius 2 is 1.14 bits per heavy atom. The van der Waals surface area contributed by atoms with Gasteiger partial charge in [0, 0.05) is 0 Å². The summed E-state index contributed by atoms with van der Waals surface area (Å²) in [5, 5.41) is 33.8. The van der Waals surface area contributed by atoms with Gasteiger partial charge in [-0.25, -0.2) is 4.79 Å². The predicted molar refractivity (Wildman–Crippen MR) is 78.2 cm³/mol. The number of carboxylic acid groups (broad SMARTS) is 2. The van der Waals surface area contributed by atoms with Crippen LogP contribution in [0.25, 0.3) is 0 Å². The van der Waals surface area contributed by atoms with Crippen LogP contribution in [0.4, 0.5) is 4.79 Å². The Labute approximate surface area is 122 Å². The van der Waals surface area contributed by atoms with E-state index in [0.717, 1.165) is 11.1 Å². The van der Waals surface area contributed by atoms with E-state index >= 15 is 0 Å². The number of carbonyl (C=O) groups is 1. The molecule has 0 amide bonds. The maximum absolute atomic E-state index is 9.94. The summed E-state index contributed by atoms with van der Waals surface area (Å²) >= 11 is 0. The van der Waals surface area contributed by atoms with Gasteiger partial charge in [-0.3, -0.25) is 0 Å². The van der Waals surface area contributed by atoms with Gasteiger partial charge in [0.05, 0.1) is 5.92 Å². The highest BCUT2D eigenvalue weighted by Gasteiger charge is 2.31. The quantitative estimate of drug-likeness (QED) is 0.652. The third-order valence-electron chi connectivity index (χ3n) is 2.81. The van der Waals surface area contributed by atoms with Crippen molar-refractivity contribution in [1.82, 2.24) is 0 Å². The molecule has 0 aliphatic heterocycles. The third-order valence-corrected chi connectivity index (χ3v) is 2.81. The molecule has 0 aliphatic rings. The highest BCUT2D eigenvalue weighted by molar-refractivity contribution is 5.53. The Kier molecular flexibility index (Phi) is 5.90. The van der Waals surface area contributed by atoms with Gasteiger partial charge >= 0.3 is 6.16 Å². The lowest BCUT2D eigenvalue weighted by atomic mass is 9.85. The summed E-state index contributed by atoms with van der Waals surface area (Å²) in [5.41, 5.74) is 1.79. The van der Waals surface area contributed by atoms with E-state index in [1.807, 2.05) is 60.7 Å². The van der Waals surface area contributed by atoms with Gasteiger partial charge in [-0.1, -0.05) is 60.7 Å². The van der Waals surface area contributed by atoms with Gasteiger partial charge in [0.15, 0.2) is 5.79 Å². The van der Waals surface area contributed by atoms with Gasteiger partial charge in [0.2, 0.25) is 0 Å². The second kappa shape index (κ2) is 7.42. The van der Waals surface area contributed by atoms with Crippen molar-refractivity contribution >= 4 is 6.16 Å². The standard InChI is InChI=1S/C15H16O2.CH2O3/c1-15(16,17)14(12-8-4-2-5-9-12)13-10-6-3-7-11-13;2-1(3)4/h2-11,14,16-17H,1H3;(H2,2,3,4). The first kappa shape index (κ1) is 16.7. The Balaban J connectivity index is 0.000000491. The SMILES string of the molecule is CC(O)(O)C(c1ccccc1)c1ccccc1.O=C(O)O. The highest BCUT2D eigenvalue weighted by Crippen LogP contribution is 2.32. The Bertz CT molecular complexity index is 502. The first-order chi connectivity index (χ1) is 9.82. The molecule has 0 spiro atoms. The molecule has 5 heteroatoms. The largest absolute Gasteiger partial charge is 0.503 e. The normalized spacial score (nSPS) is 10.7. The van der Waals surface area contributed by atoms with E-state index in [2.05, 4.69) is 0 Å². The maximum Gasteiger partial charge on any atom is 0.503 e. The first-order valence-electron chi connectivity index (χ1n) is 6.29. The van der Waals surface area contributed by atoms with Crippen LogP contribution in [0.5, 0.6) is 0 Å². The molecule has 21 heavy (non-hydrogen) atoms. The molecule has 2 rings (SSSR count). The average molecular weight is 290 g/mol. The summed E-state index contributed by atoms with van der Waals surface area (Å²) in [4.78, 5) is 8.56. The second-order valence-corrected chi connectivity index (χ2v) is 4.63. The van der Waals surface area contributed by atoms with Crippen molar-refractivity contribution in [3.8, 4) is 0 Å². The summed E-state index contributed by atoms with van der Waals surface area (Å²) in [6.45, 7) is 1.41. The van der Waals surface area contributed by atoms with Crippen molar-refractivity contribution in [2.24, 2.45) is 0 Å². The molecule has 0 aliphatic carbocycles. The molecule has 4 N–H and O–H groups in total. The predicted octanol–water partition coefficient (Wildman–Crippen LogP) is 2.74. The number of hydrogen-bond donors (Lipinski definition) is 4. The molecule has 0 aromatic heterocycles. The molecule has 0 radical (unpaired) electrons. The average Bonchev–Trinajstić information content (AvgIpc) is 2.39. The summed E-state index contributed by atoms with van der Waals surface area (Å²) in [6, 6.07) is 19.0. The maximum atomic E-state index is 9.94. The second-order valence-electron chi connectivity index (χ2n) is 4.63. The van der Waals surface area contributed by atoms with E-state index in [4.69, 9.17) is 15.0 Å². The van der Waals surface area contributed by atoms with Crippen LogP contribution in [0, 0.1) is 0 Å². The fourth-order valence-electron chi connectivity index (χ4n) is 2.11. The lowest BCUT2D eigenvalue weighted by molar-refractivity contribution is -0.155. The van der Waals surface area contributed by atoms with Crippen molar-refractivity contribution in [2.75, 3.05) is 0 Å². The van der Waals surface area contributed by atoms with Crippen LogP contribution >= 0.6 is 0 Å². The number of benzene rings is 2. The fourth-order valence-corrected chi connectivity index (χ4v) is 2.11. The third kappa shape index (κ3) is 5.64. The van der Waals surface area contributed by atoms with Crippen LogP contribution in [0.15, 0.2) is 60.7 Å². The lowest BCUT2D eigenvalue weighted by Crippen LogP contribution is -2.33. The summed E-state index contributed by atoms with van der Waals surface area (Å²) in [7, 11) is 0. The van der Waals surface area contributed by atoms with Crippen molar-refractivity contribution in [2.45, 2.75) is 18.6 Å². The zero-order valence-corrected chi connectivity index (χ0v) is 11.5. The zero-order valence-electron chi connectivity index (χ0n) is 11.5. The first-order valence-corrected chi connectivity index (χ1v) is 6.29. The zero-order chi connectivity index (χ0) is 15.9. The van der Waals surface area contributed by atoms with Gasteiger partial charge in [-0.15, -0.1) is 0 Å². The van der Waals surface area contributed by atoms with Gasteiger partial charge in [0.1, 0.15) is 0 Å². The van der Waals surface area contributed by atoms with E-state index in [9.17, 15) is 10.2 Å². The van der Waals surface area contributed by atoms with Gasteiger partial charge in [0.25, 0.3) is 0 Å². The van der Waals surface area contributed by atoms with Crippen LogP contribution in [0.2, 0.25) is 0 Å². The molecule has 5 nitrogen and oxygen atoms in total. The minimum absolute atomic E-state index is 0.440. The fraction of sp³-hybridized carbons (Fsp3) is 0.188. The van der Waals surface area contributed by atoms with E-state index in [-0.39, 0.29) is 0 Å². The molecule has 0 unspecified atom stereocenters. The highest BCUT2D eigenvalue weighted by atomic mass is 16.6. The van der Waals surface area contributed by atoms with Gasteiger partial charge in [-0.05, 0) is 18.1 Å². The lowest BCUT2D eigenvalue weighted by Gasteiger charge is -2.28. The molecular weight excluding hydrogens is 272 g/mol. The number of rotatable bonds is 3. The monoisotopic (exact) mass is 290 g/mol. The van der Waals surface area contributed by atoms with Crippen molar-refractivity contribution in [3.05, 3.63) is 71.8 Å². The molecule has 112 valence electrons. The molecule has 0 heterocycles. The van der Waals surface area contributed by atoms with Crippen LogP contribution in [-0.2, 0) is 0 Å². The smallest absolute Gasteiger partial charge is 0.450 e. The molecule has 2 aromatic carbocycles. The van der Waals surface area contributed by atoms with Crippen LogP contribution in [-0.4, -0.2) is 32.4 Å². The topological polar surface area (TPSA) is 98.0 Å². The molecule has 0 saturated heterocycles. The molecule has 2 aromatic rings. The summed E-state index contributed by atoms with van der Waals surface area (Å²) in [6.07, 6.45) is -1.83. The van der Waals surface area contributed by atoms with Crippen molar-refractivity contribution in [3.63, 3.8) is 0 Å². The van der Waals surface area contributed by atoms with Crippen LogP contribution in [0.1, 0.15) is 24.0 Å². The van der Waals surface area contributed by atoms with Crippen molar-refractivity contribution in [1.29, 1.82) is 0 Å². The van der Waals surface area contributed by atoms with E-state index in [1.165, 1.54) is 6.92 Å². The molecule has 0 atom stereocenters. The van der Waals surface area contributed by atoms with Crippen LogP contribution in [0.3, 0.4) is 0 Å². The minimum atomic E-state index is -1.83. The van der Waals surface area contributed by atoms with E-state index < -0.39 is 17.9 Å². The Morgan fingerprint density at radius 1 is 0.857 bits per heavy atom. The molecule has 0 saturated carbocycles.